The molecule has 3 N–H and O–H groups in total. The Morgan fingerprint density at radius 3 is 2.60 bits per heavy atom. The van der Waals surface area contributed by atoms with Crippen LogP contribution in [0.1, 0.15) is 11.1 Å². The zero-order valence-electron chi connectivity index (χ0n) is 11.3. The van der Waals surface area contributed by atoms with Gasteiger partial charge < -0.3 is 11.1 Å². The molecule has 0 aliphatic carbocycles. The Balaban J connectivity index is 2.03. The van der Waals surface area contributed by atoms with Crippen LogP contribution in [0.15, 0.2) is 53.0 Å². The van der Waals surface area contributed by atoms with Crippen LogP contribution in [0.4, 0.5) is 5.69 Å². The predicted molar refractivity (Wildman–Crippen MR) is 85.6 cm³/mol. The molecule has 1 amide bonds. The van der Waals surface area contributed by atoms with Gasteiger partial charge in [-0.1, -0.05) is 42.5 Å². The van der Waals surface area contributed by atoms with Crippen LogP contribution in [0.5, 0.6) is 0 Å². The van der Waals surface area contributed by atoms with Crippen LogP contribution >= 0.6 is 15.9 Å². The van der Waals surface area contributed by atoms with E-state index in [0.717, 1.165) is 21.3 Å². The maximum Gasteiger partial charge on any atom is 0.241 e. The Labute approximate surface area is 127 Å². The molecule has 2 aromatic carbocycles. The number of halogens is 1. The van der Waals surface area contributed by atoms with E-state index in [-0.39, 0.29) is 5.91 Å². The fourth-order valence-corrected chi connectivity index (χ4v) is 2.29. The van der Waals surface area contributed by atoms with Gasteiger partial charge in [-0.05, 0) is 46.5 Å². The lowest BCUT2D eigenvalue weighted by Crippen LogP contribution is -2.37. The number of nitrogens with two attached hydrogens (primary N) is 1. The Morgan fingerprint density at radius 2 is 1.90 bits per heavy atom. The fraction of sp³-hybridized carbons (Fsp3) is 0.188. The first-order chi connectivity index (χ1) is 9.58. The molecular formula is C16H17BrN2O. The molecule has 0 aromatic heterocycles. The zero-order chi connectivity index (χ0) is 14.5. The quantitative estimate of drug-likeness (QED) is 0.902. The molecule has 0 aliphatic rings. The molecular weight excluding hydrogens is 316 g/mol. The molecule has 104 valence electrons. The summed E-state index contributed by atoms with van der Waals surface area (Å²) in [6, 6.07) is 14.9. The summed E-state index contributed by atoms with van der Waals surface area (Å²) >= 11 is 3.47. The number of nitrogens with one attached hydrogen (secondary N) is 1. The highest BCUT2D eigenvalue weighted by molar-refractivity contribution is 9.10. The van der Waals surface area contributed by atoms with Gasteiger partial charge in [-0.25, -0.2) is 0 Å². The third-order valence-corrected chi connectivity index (χ3v) is 4.14. The molecule has 20 heavy (non-hydrogen) atoms. The van der Waals surface area contributed by atoms with Crippen molar-refractivity contribution >= 4 is 27.5 Å². The number of rotatable bonds is 4. The van der Waals surface area contributed by atoms with Gasteiger partial charge in [0.25, 0.3) is 0 Å². The summed E-state index contributed by atoms with van der Waals surface area (Å²) in [5.41, 5.74) is 8.83. The van der Waals surface area contributed by atoms with Crippen LogP contribution < -0.4 is 11.1 Å². The summed E-state index contributed by atoms with van der Waals surface area (Å²) in [4.78, 5) is 12.1. The van der Waals surface area contributed by atoms with Crippen molar-refractivity contribution in [3.63, 3.8) is 0 Å². The van der Waals surface area contributed by atoms with Crippen molar-refractivity contribution in [2.45, 2.75) is 19.4 Å². The lowest BCUT2D eigenvalue weighted by molar-refractivity contribution is -0.117. The number of carbonyl (C=O) groups is 1. The number of aryl methyl sites for hydroxylation is 1. The smallest absolute Gasteiger partial charge is 0.241 e. The van der Waals surface area contributed by atoms with Crippen molar-refractivity contribution in [1.29, 1.82) is 0 Å². The summed E-state index contributed by atoms with van der Waals surface area (Å²) in [6.45, 7) is 1.98. The van der Waals surface area contributed by atoms with Crippen molar-refractivity contribution in [2.75, 3.05) is 5.32 Å². The first-order valence-electron chi connectivity index (χ1n) is 6.43. The highest BCUT2D eigenvalue weighted by atomic mass is 79.9. The molecule has 2 rings (SSSR count). The zero-order valence-corrected chi connectivity index (χ0v) is 12.9. The van der Waals surface area contributed by atoms with Gasteiger partial charge in [-0.3, -0.25) is 4.79 Å². The molecule has 4 heteroatoms. The monoisotopic (exact) mass is 332 g/mol. The van der Waals surface area contributed by atoms with Crippen LogP contribution in [0.3, 0.4) is 0 Å². The number of benzene rings is 2. The van der Waals surface area contributed by atoms with Crippen molar-refractivity contribution in [3.05, 3.63) is 64.1 Å². The minimum Gasteiger partial charge on any atom is -0.324 e. The van der Waals surface area contributed by atoms with Gasteiger partial charge in [-0.15, -0.1) is 0 Å². The van der Waals surface area contributed by atoms with Gasteiger partial charge in [0.05, 0.1) is 11.7 Å². The van der Waals surface area contributed by atoms with Gasteiger partial charge in [-0.2, -0.15) is 0 Å². The Kier molecular flexibility index (Phi) is 4.93. The number of hydrogen-bond donors (Lipinski definition) is 2. The van der Waals surface area contributed by atoms with Crippen LogP contribution in [0.2, 0.25) is 0 Å². The van der Waals surface area contributed by atoms with Crippen LogP contribution in [-0.2, 0) is 11.2 Å². The normalized spacial score (nSPS) is 11.9. The lowest BCUT2D eigenvalue weighted by atomic mass is 10.1. The summed E-state index contributed by atoms with van der Waals surface area (Å²) < 4.78 is 0.889. The standard InChI is InChI=1S/C16H17BrN2O/c1-11-6-5-9-14(15(11)17)19-16(20)13(18)10-12-7-3-2-4-8-12/h2-9,13H,10,18H2,1H3,(H,19,20)/t13-/m1/s1. The van der Waals surface area contributed by atoms with Crippen LogP contribution in [-0.4, -0.2) is 11.9 Å². The topological polar surface area (TPSA) is 55.1 Å². The van der Waals surface area contributed by atoms with E-state index in [0.29, 0.717) is 6.42 Å². The molecule has 0 spiro atoms. The molecule has 1 atom stereocenters. The van der Waals surface area contributed by atoms with E-state index in [1.807, 2.05) is 55.5 Å². The van der Waals surface area contributed by atoms with E-state index >= 15 is 0 Å². The molecule has 3 nitrogen and oxygen atoms in total. The molecule has 0 radical (unpaired) electrons. The number of anilines is 1. The minimum atomic E-state index is -0.565. The summed E-state index contributed by atoms with van der Waals surface area (Å²) in [5.74, 6) is -0.180. The average Bonchev–Trinajstić information content (AvgIpc) is 2.45. The number of hydrogen-bond acceptors (Lipinski definition) is 2. The molecule has 0 aliphatic heterocycles. The van der Waals surface area contributed by atoms with E-state index in [2.05, 4.69) is 21.2 Å². The third kappa shape index (κ3) is 3.68. The Hall–Kier alpha value is -1.65. The summed E-state index contributed by atoms with van der Waals surface area (Å²) in [5, 5.41) is 2.86. The highest BCUT2D eigenvalue weighted by Gasteiger charge is 2.15. The van der Waals surface area contributed by atoms with Crippen molar-refractivity contribution in [2.24, 2.45) is 5.73 Å². The maximum atomic E-state index is 12.1. The summed E-state index contributed by atoms with van der Waals surface area (Å²) in [6.07, 6.45) is 0.524. The van der Waals surface area contributed by atoms with Gasteiger partial charge in [0.2, 0.25) is 5.91 Å². The van der Waals surface area contributed by atoms with Gasteiger partial charge in [0.15, 0.2) is 0 Å². The van der Waals surface area contributed by atoms with Crippen LogP contribution in [0, 0.1) is 6.92 Å². The van der Waals surface area contributed by atoms with E-state index < -0.39 is 6.04 Å². The fourth-order valence-electron chi connectivity index (χ4n) is 1.93. The first-order valence-corrected chi connectivity index (χ1v) is 7.22. The predicted octanol–water partition coefficient (Wildman–Crippen LogP) is 3.27. The minimum absolute atomic E-state index is 0.180. The molecule has 2 aromatic rings. The second kappa shape index (κ2) is 6.68. The van der Waals surface area contributed by atoms with Gasteiger partial charge in [0, 0.05) is 4.47 Å². The second-order valence-electron chi connectivity index (χ2n) is 4.72. The maximum absolute atomic E-state index is 12.1. The Bertz CT molecular complexity index is 599. The second-order valence-corrected chi connectivity index (χ2v) is 5.51. The van der Waals surface area contributed by atoms with Gasteiger partial charge >= 0.3 is 0 Å². The van der Waals surface area contributed by atoms with Crippen molar-refractivity contribution in [1.82, 2.24) is 0 Å². The molecule has 0 unspecified atom stereocenters. The summed E-state index contributed by atoms with van der Waals surface area (Å²) in [7, 11) is 0. The first kappa shape index (κ1) is 14.8. The van der Waals surface area contributed by atoms with Crippen LogP contribution in [0.25, 0.3) is 0 Å². The molecule has 0 saturated heterocycles. The van der Waals surface area contributed by atoms with E-state index in [4.69, 9.17) is 5.73 Å². The largest absolute Gasteiger partial charge is 0.324 e. The van der Waals surface area contributed by atoms with E-state index in [1.54, 1.807) is 0 Å². The third-order valence-electron chi connectivity index (χ3n) is 3.08. The Morgan fingerprint density at radius 1 is 1.20 bits per heavy atom. The molecule has 0 saturated carbocycles. The van der Waals surface area contributed by atoms with E-state index in [1.165, 1.54) is 0 Å². The molecule has 0 fully saturated rings. The molecule has 0 heterocycles. The van der Waals surface area contributed by atoms with Crippen molar-refractivity contribution in [3.8, 4) is 0 Å². The highest BCUT2D eigenvalue weighted by Crippen LogP contribution is 2.25. The number of amides is 1. The molecule has 0 bridgehead atoms. The average molecular weight is 333 g/mol. The van der Waals surface area contributed by atoms with Gasteiger partial charge in [0.1, 0.15) is 0 Å². The lowest BCUT2D eigenvalue weighted by Gasteiger charge is -2.14. The van der Waals surface area contributed by atoms with E-state index in [9.17, 15) is 4.79 Å². The SMILES string of the molecule is Cc1cccc(NC(=O)[C@H](N)Cc2ccccc2)c1Br. The van der Waals surface area contributed by atoms with Crippen molar-refractivity contribution < 1.29 is 4.79 Å². The number of carbonyl (C=O) groups excluding carboxylic acids is 1.